The van der Waals surface area contributed by atoms with E-state index in [-0.39, 0.29) is 17.1 Å². The molecule has 1 aromatic rings. The van der Waals surface area contributed by atoms with Crippen molar-refractivity contribution >= 4 is 14.3 Å². The standard InChI is InChI=1S/C52H103N3O3Si/c1-10-13-16-19-22-23-24-25-29-34-40-50(58-59(8,9)52(5,6)7)47-54(44-37-45-55-46-42-53-48(55)4)43-36-31-26-30-35-41-51(56)57-49(38-32-27-20-17-14-11-2)39-33-28-21-18-15-12-3/h42,46,49-50H,10-41,43-45,47H2,1-9H3. The highest BCUT2D eigenvalue weighted by molar-refractivity contribution is 6.74. The van der Waals surface area contributed by atoms with Crippen LogP contribution in [-0.2, 0) is 20.5 Å². The van der Waals surface area contributed by atoms with Gasteiger partial charge in [-0.05, 0) is 89.5 Å². The molecule has 7 heteroatoms. The maximum Gasteiger partial charge on any atom is 0.306 e. The van der Waals surface area contributed by atoms with Crippen molar-refractivity contribution in [1.29, 1.82) is 0 Å². The van der Waals surface area contributed by atoms with Crippen LogP contribution in [0, 0.1) is 6.92 Å². The minimum Gasteiger partial charge on any atom is -0.462 e. The third kappa shape index (κ3) is 30.5. The first-order valence-electron chi connectivity index (χ1n) is 26.0. The quantitative estimate of drug-likeness (QED) is 0.0373. The number of hydrogen-bond acceptors (Lipinski definition) is 5. The molecule has 1 rings (SSSR count). The Kier molecular flexibility index (Phi) is 34.4. The molecular weight excluding hydrogens is 743 g/mol. The fourth-order valence-electron chi connectivity index (χ4n) is 8.27. The highest BCUT2D eigenvalue weighted by Gasteiger charge is 2.39. The minimum atomic E-state index is -1.89. The molecule has 1 aromatic heterocycles. The van der Waals surface area contributed by atoms with Crippen molar-refractivity contribution in [1.82, 2.24) is 14.5 Å². The predicted molar refractivity (Wildman–Crippen MR) is 260 cm³/mol. The van der Waals surface area contributed by atoms with Crippen LogP contribution in [0.15, 0.2) is 12.4 Å². The summed E-state index contributed by atoms with van der Waals surface area (Å²) in [6.07, 6.45) is 44.4. The summed E-state index contributed by atoms with van der Waals surface area (Å²) in [6.45, 7) is 25.3. The summed E-state index contributed by atoms with van der Waals surface area (Å²) in [7, 11) is -1.89. The summed E-state index contributed by atoms with van der Waals surface area (Å²) in [5.41, 5.74) is 0. The lowest BCUT2D eigenvalue weighted by Crippen LogP contribution is -2.47. The normalized spacial score (nSPS) is 12.9. The van der Waals surface area contributed by atoms with E-state index in [0.717, 1.165) is 64.1 Å². The number of aryl methyl sites for hydroxylation is 2. The van der Waals surface area contributed by atoms with Gasteiger partial charge in [0.25, 0.3) is 0 Å². The van der Waals surface area contributed by atoms with Crippen molar-refractivity contribution < 1.29 is 14.0 Å². The number of esters is 1. The Morgan fingerprint density at radius 3 is 1.51 bits per heavy atom. The molecule has 1 heterocycles. The molecule has 0 saturated heterocycles. The van der Waals surface area contributed by atoms with Gasteiger partial charge in [0.1, 0.15) is 11.9 Å². The molecule has 348 valence electrons. The van der Waals surface area contributed by atoms with Crippen molar-refractivity contribution in [2.75, 3.05) is 19.6 Å². The van der Waals surface area contributed by atoms with Gasteiger partial charge in [-0.15, -0.1) is 0 Å². The third-order valence-electron chi connectivity index (χ3n) is 13.3. The second-order valence-electron chi connectivity index (χ2n) is 20.0. The summed E-state index contributed by atoms with van der Waals surface area (Å²) < 4.78 is 15.6. The largest absolute Gasteiger partial charge is 0.462 e. The van der Waals surface area contributed by atoms with Crippen molar-refractivity contribution in [3.8, 4) is 0 Å². The van der Waals surface area contributed by atoms with Crippen molar-refractivity contribution in [2.24, 2.45) is 0 Å². The zero-order valence-corrected chi connectivity index (χ0v) is 42.3. The molecule has 0 amide bonds. The van der Waals surface area contributed by atoms with Crippen LogP contribution in [0.5, 0.6) is 0 Å². The fraction of sp³-hybridized carbons (Fsp3) is 0.923. The molecule has 0 aliphatic heterocycles. The van der Waals surface area contributed by atoms with E-state index in [1.165, 1.54) is 167 Å². The van der Waals surface area contributed by atoms with Gasteiger partial charge in [-0.1, -0.05) is 189 Å². The molecule has 1 atom stereocenters. The molecule has 0 bridgehead atoms. The zero-order valence-electron chi connectivity index (χ0n) is 41.3. The smallest absolute Gasteiger partial charge is 0.306 e. The van der Waals surface area contributed by atoms with Crippen LogP contribution < -0.4 is 0 Å². The highest BCUT2D eigenvalue weighted by atomic mass is 28.4. The summed E-state index contributed by atoms with van der Waals surface area (Å²) in [6, 6.07) is 0. The SMILES string of the molecule is CCCCCCCCCCCCC(CN(CCCCCCCC(=O)OC(CCCCCCCC)CCCCCCCC)CCCn1ccnc1C)O[Si](C)(C)C(C)(C)C. The number of hydrogen-bond donors (Lipinski definition) is 0. The Bertz CT molecular complexity index is 1070. The molecule has 6 nitrogen and oxygen atoms in total. The minimum absolute atomic E-state index is 0.0430. The zero-order chi connectivity index (χ0) is 43.5. The van der Waals surface area contributed by atoms with Gasteiger partial charge in [-0.25, -0.2) is 4.98 Å². The second kappa shape index (κ2) is 36.3. The van der Waals surface area contributed by atoms with Gasteiger partial charge in [0, 0.05) is 31.9 Å². The van der Waals surface area contributed by atoms with E-state index in [2.05, 4.69) is 82.2 Å². The molecular formula is C52H103N3O3Si. The molecule has 0 aromatic carbocycles. The maximum atomic E-state index is 13.0. The first kappa shape index (κ1) is 55.8. The van der Waals surface area contributed by atoms with Crippen LogP contribution in [0.3, 0.4) is 0 Å². The molecule has 59 heavy (non-hydrogen) atoms. The summed E-state index contributed by atoms with van der Waals surface area (Å²) in [4.78, 5) is 20.2. The topological polar surface area (TPSA) is 56.6 Å². The lowest BCUT2D eigenvalue weighted by molar-refractivity contribution is -0.150. The number of ether oxygens (including phenoxy) is 1. The number of nitrogens with zero attached hydrogens (tertiary/aromatic N) is 3. The van der Waals surface area contributed by atoms with Gasteiger partial charge >= 0.3 is 5.97 Å². The molecule has 0 aliphatic carbocycles. The number of imidazole rings is 1. The molecule has 0 N–H and O–H groups in total. The molecule has 0 radical (unpaired) electrons. The van der Waals surface area contributed by atoms with Crippen LogP contribution in [0.4, 0.5) is 0 Å². The summed E-state index contributed by atoms with van der Waals surface area (Å²) in [5, 5.41) is 0.210. The predicted octanol–water partition coefficient (Wildman–Crippen LogP) is 16.3. The average Bonchev–Trinajstić information content (AvgIpc) is 3.60. The van der Waals surface area contributed by atoms with Crippen LogP contribution in [-0.4, -0.2) is 60.6 Å². The van der Waals surface area contributed by atoms with E-state index < -0.39 is 8.32 Å². The Balaban J connectivity index is 2.66. The van der Waals surface area contributed by atoms with Gasteiger partial charge in [-0.2, -0.15) is 0 Å². The summed E-state index contributed by atoms with van der Waals surface area (Å²) >= 11 is 0. The van der Waals surface area contributed by atoms with E-state index in [0.29, 0.717) is 12.5 Å². The van der Waals surface area contributed by atoms with E-state index in [1.54, 1.807) is 0 Å². The monoisotopic (exact) mass is 846 g/mol. The number of unbranched alkanes of at least 4 members (excludes halogenated alkanes) is 23. The van der Waals surface area contributed by atoms with Crippen LogP contribution in [0.25, 0.3) is 0 Å². The number of carbonyl (C=O) groups is 1. The van der Waals surface area contributed by atoms with E-state index >= 15 is 0 Å². The molecule has 0 spiro atoms. The lowest BCUT2D eigenvalue weighted by Gasteiger charge is -2.40. The van der Waals surface area contributed by atoms with Crippen molar-refractivity contribution in [2.45, 2.75) is 291 Å². The number of aromatic nitrogens is 2. The Morgan fingerprint density at radius 1 is 0.627 bits per heavy atom. The third-order valence-corrected chi connectivity index (χ3v) is 17.9. The lowest BCUT2D eigenvalue weighted by atomic mass is 10.0. The second-order valence-corrected chi connectivity index (χ2v) is 24.8. The maximum absolute atomic E-state index is 13.0. The van der Waals surface area contributed by atoms with Gasteiger partial charge in [0.05, 0.1) is 6.10 Å². The first-order valence-corrected chi connectivity index (χ1v) is 28.9. The van der Waals surface area contributed by atoms with Gasteiger partial charge in [0.2, 0.25) is 0 Å². The van der Waals surface area contributed by atoms with E-state index in [1.807, 2.05) is 6.20 Å². The molecule has 1 unspecified atom stereocenters. The van der Waals surface area contributed by atoms with Gasteiger partial charge in [0.15, 0.2) is 8.32 Å². The van der Waals surface area contributed by atoms with Gasteiger partial charge < -0.3 is 18.6 Å². The van der Waals surface area contributed by atoms with Crippen LogP contribution in [0.1, 0.15) is 253 Å². The van der Waals surface area contributed by atoms with Crippen molar-refractivity contribution in [3.63, 3.8) is 0 Å². The van der Waals surface area contributed by atoms with Crippen LogP contribution in [0.2, 0.25) is 18.1 Å². The van der Waals surface area contributed by atoms with E-state index in [4.69, 9.17) is 9.16 Å². The van der Waals surface area contributed by atoms with Crippen molar-refractivity contribution in [3.05, 3.63) is 18.2 Å². The number of carbonyl (C=O) groups excluding carboxylic acids is 1. The Labute approximate surface area is 370 Å². The summed E-state index contributed by atoms with van der Waals surface area (Å²) in [5.74, 6) is 1.15. The first-order chi connectivity index (χ1) is 28.4. The Morgan fingerprint density at radius 2 is 1.05 bits per heavy atom. The Hall–Kier alpha value is -1.18. The fourth-order valence-corrected chi connectivity index (χ4v) is 9.65. The van der Waals surface area contributed by atoms with Gasteiger partial charge in [-0.3, -0.25) is 4.79 Å². The number of rotatable bonds is 42. The highest BCUT2D eigenvalue weighted by Crippen LogP contribution is 2.38. The van der Waals surface area contributed by atoms with E-state index in [9.17, 15) is 4.79 Å². The van der Waals surface area contributed by atoms with Crippen LogP contribution >= 0.6 is 0 Å². The average molecular weight is 846 g/mol. The molecule has 0 saturated carbocycles. The molecule has 0 aliphatic rings. The molecule has 0 fully saturated rings.